The van der Waals surface area contributed by atoms with Gasteiger partial charge in [-0.2, -0.15) is 0 Å². The Morgan fingerprint density at radius 3 is 0.583 bits per heavy atom. The van der Waals surface area contributed by atoms with E-state index >= 15 is 0 Å². The van der Waals surface area contributed by atoms with Crippen molar-refractivity contribution in [3.8, 4) is 0 Å². The molecule has 0 radical (unpaired) electrons. The first-order chi connectivity index (χ1) is 23.8. The summed E-state index contributed by atoms with van der Waals surface area (Å²) < 4.78 is 0. The van der Waals surface area contributed by atoms with Crippen LogP contribution in [0.5, 0.6) is 0 Å². The predicted molar refractivity (Wildman–Crippen MR) is 197 cm³/mol. The van der Waals surface area contributed by atoms with Gasteiger partial charge in [-0.05, 0) is 124 Å². The minimum atomic E-state index is 0.411. The van der Waals surface area contributed by atoms with Crippen molar-refractivity contribution < 1.29 is 0 Å². The molecular formula is C44H60N4. The summed E-state index contributed by atoms with van der Waals surface area (Å²) in [6.07, 6.45) is 27.3. The molecule has 4 aromatic rings. The van der Waals surface area contributed by atoms with E-state index in [1.165, 1.54) is 174 Å². The molecule has 1 aliphatic heterocycles. The van der Waals surface area contributed by atoms with Crippen LogP contribution >= 0.6 is 0 Å². The highest BCUT2D eigenvalue weighted by atomic mass is 14.9. The maximum Gasteiger partial charge on any atom is 0.0420 e. The number of rotatable bonds is 4. The summed E-state index contributed by atoms with van der Waals surface area (Å²) in [6, 6.07) is 19.9. The fraction of sp³-hybridized carbons (Fsp3) is 0.636. The van der Waals surface area contributed by atoms with E-state index in [4.69, 9.17) is 0 Å². The molecule has 4 heteroatoms. The molecule has 0 aromatic carbocycles. The molecule has 48 heavy (non-hydrogen) atoms. The molecule has 4 saturated carbocycles. The van der Waals surface area contributed by atoms with E-state index in [9.17, 15) is 0 Å². The van der Waals surface area contributed by atoms with Crippen LogP contribution in [-0.4, -0.2) is 19.9 Å². The SMILES string of the molecule is c1cc2[nH]c1C(C1CCCCC1)c1ccc([nH]1)C(C1CCCCC1)c1ccc([nH]1)C(C1CCCCC1)c1ccc([nH]1)C2C1CCCCC1. The molecule has 0 unspecified atom stereocenters. The van der Waals surface area contributed by atoms with Crippen LogP contribution in [0.2, 0.25) is 0 Å². The van der Waals surface area contributed by atoms with Crippen molar-refractivity contribution in [1.29, 1.82) is 0 Å². The molecule has 0 amide bonds. The van der Waals surface area contributed by atoms with Crippen molar-refractivity contribution in [2.24, 2.45) is 23.7 Å². The van der Waals surface area contributed by atoms with Crippen LogP contribution in [0, 0.1) is 23.7 Å². The van der Waals surface area contributed by atoms with Crippen molar-refractivity contribution >= 4 is 0 Å². The lowest BCUT2D eigenvalue weighted by molar-refractivity contribution is 0.311. The Morgan fingerprint density at radius 2 is 0.417 bits per heavy atom. The largest absolute Gasteiger partial charge is 0.361 e. The van der Waals surface area contributed by atoms with Crippen molar-refractivity contribution in [3.05, 3.63) is 94.1 Å². The van der Waals surface area contributed by atoms with Gasteiger partial charge in [-0.25, -0.2) is 0 Å². The standard InChI is InChI=1S/C44H60N4/c1-5-13-29(14-6-1)41-33-21-23-35(45-33)42(30-15-7-2-8-16-30)37-25-27-39(47-37)44(32-19-11-4-12-20-32)40-28-26-38(48-40)43(31-17-9-3-10-18-31)36-24-22-34(41)46-36/h21-32,41-48H,1-20H2. The number of H-pyrrole nitrogens is 4. The average molecular weight is 645 g/mol. The first kappa shape index (κ1) is 31.1. The van der Waals surface area contributed by atoms with Gasteiger partial charge in [0, 0.05) is 69.2 Å². The Labute approximate surface area is 289 Å². The van der Waals surface area contributed by atoms with Gasteiger partial charge in [0.25, 0.3) is 0 Å². The van der Waals surface area contributed by atoms with E-state index in [-0.39, 0.29) is 0 Å². The van der Waals surface area contributed by atoms with Gasteiger partial charge in [0.15, 0.2) is 0 Å². The van der Waals surface area contributed by atoms with Gasteiger partial charge < -0.3 is 19.9 Å². The predicted octanol–water partition coefficient (Wildman–Crippen LogP) is 12.2. The van der Waals surface area contributed by atoms with Gasteiger partial charge in [0.1, 0.15) is 0 Å². The molecule has 256 valence electrons. The summed E-state index contributed by atoms with van der Waals surface area (Å²) in [4.78, 5) is 16.8. The van der Waals surface area contributed by atoms with E-state index < -0.39 is 0 Å². The molecule has 5 aliphatic rings. The zero-order valence-corrected chi connectivity index (χ0v) is 29.4. The minimum Gasteiger partial charge on any atom is -0.361 e. The van der Waals surface area contributed by atoms with Crippen LogP contribution in [0.1, 0.15) is 198 Å². The number of hydrogen-bond acceptors (Lipinski definition) is 0. The van der Waals surface area contributed by atoms with Crippen LogP contribution in [0.3, 0.4) is 0 Å². The maximum absolute atomic E-state index is 4.19. The van der Waals surface area contributed by atoms with E-state index in [0.717, 1.165) is 0 Å². The minimum absolute atomic E-state index is 0.411. The first-order valence-electron chi connectivity index (χ1n) is 20.6. The maximum atomic E-state index is 4.19. The summed E-state index contributed by atoms with van der Waals surface area (Å²) in [5.74, 6) is 4.43. The lowest BCUT2D eigenvalue weighted by atomic mass is 9.76. The molecule has 9 rings (SSSR count). The van der Waals surface area contributed by atoms with Crippen LogP contribution < -0.4 is 0 Å². The smallest absolute Gasteiger partial charge is 0.0420 e. The Morgan fingerprint density at radius 1 is 0.250 bits per heavy atom. The second-order valence-electron chi connectivity index (χ2n) is 17.0. The molecule has 0 saturated heterocycles. The highest BCUT2D eigenvalue weighted by Crippen LogP contribution is 2.48. The number of nitrogens with one attached hydrogen (secondary N) is 4. The average Bonchev–Trinajstić information content (AvgIpc) is 3.98. The first-order valence-corrected chi connectivity index (χ1v) is 20.6. The molecule has 0 atom stereocenters. The number of aromatic amines is 4. The fourth-order valence-electron chi connectivity index (χ4n) is 11.7. The molecule has 4 aliphatic carbocycles. The Kier molecular flexibility index (Phi) is 8.94. The zero-order valence-electron chi connectivity index (χ0n) is 29.4. The van der Waals surface area contributed by atoms with Crippen molar-refractivity contribution in [2.75, 3.05) is 0 Å². The van der Waals surface area contributed by atoms with E-state index in [1.807, 2.05) is 0 Å². The molecular weight excluding hydrogens is 585 g/mol. The summed E-state index contributed by atoms with van der Waals surface area (Å²) in [5.41, 5.74) is 11.6. The Balaban J connectivity index is 1.21. The van der Waals surface area contributed by atoms with E-state index in [0.29, 0.717) is 47.3 Å². The van der Waals surface area contributed by atoms with Crippen molar-refractivity contribution in [2.45, 2.75) is 152 Å². The van der Waals surface area contributed by atoms with E-state index in [2.05, 4.69) is 68.5 Å². The lowest BCUT2D eigenvalue weighted by Crippen LogP contribution is -2.22. The normalized spacial score (nSPS) is 28.5. The third-order valence-corrected chi connectivity index (χ3v) is 14.1. The topological polar surface area (TPSA) is 63.2 Å². The molecule has 4 fully saturated rings. The molecule has 4 N–H and O–H groups in total. The molecule has 0 spiro atoms. The van der Waals surface area contributed by atoms with Gasteiger partial charge in [0.2, 0.25) is 0 Å². The second kappa shape index (κ2) is 13.8. The molecule has 8 bridgehead atoms. The highest BCUT2D eigenvalue weighted by Gasteiger charge is 2.37. The molecule has 4 nitrogen and oxygen atoms in total. The zero-order chi connectivity index (χ0) is 31.9. The fourth-order valence-corrected chi connectivity index (χ4v) is 11.7. The van der Waals surface area contributed by atoms with E-state index in [1.54, 1.807) is 0 Å². The summed E-state index contributed by atoms with van der Waals surface area (Å²) in [5, 5.41) is 0. The summed E-state index contributed by atoms with van der Waals surface area (Å²) >= 11 is 0. The summed E-state index contributed by atoms with van der Waals surface area (Å²) in [7, 11) is 0. The Bertz CT molecular complexity index is 1290. The van der Waals surface area contributed by atoms with Gasteiger partial charge in [-0.1, -0.05) is 77.0 Å². The number of fused-ring (bicyclic) bond motifs is 8. The third kappa shape index (κ3) is 5.98. The van der Waals surface area contributed by atoms with Crippen LogP contribution in [0.25, 0.3) is 0 Å². The van der Waals surface area contributed by atoms with Crippen molar-refractivity contribution in [1.82, 2.24) is 19.9 Å². The Hall–Kier alpha value is -2.88. The number of hydrogen-bond donors (Lipinski definition) is 4. The lowest BCUT2D eigenvalue weighted by Gasteiger charge is -2.32. The van der Waals surface area contributed by atoms with Crippen molar-refractivity contribution in [3.63, 3.8) is 0 Å². The second-order valence-corrected chi connectivity index (χ2v) is 17.0. The monoisotopic (exact) mass is 644 g/mol. The van der Waals surface area contributed by atoms with Gasteiger partial charge in [0.05, 0.1) is 0 Å². The highest BCUT2D eigenvalue weighted by molar-refractivity contribution is 5.39. The molecule has 4 aromatic heterocycles. The molecule has 5 heterocycles. The summed E-state index contributed by atoms with van der Waals surface area (Å²) in [6.45, 7) is 0. The third-order valence-electron chi connectivity index (χ3n) is 14.1. The van der Waals surface area contributed by atoms with Crippen LogP contribution in [-0.2, 0) is 0 Å². The van der Waals surface area contributed by atoms with Crippen LogP contribution in [0.4, 0.5) is 0 Å². The van der Waals surface area contributed by atoms with Gasteiger partial charge >= 0.3 is 0 Å². The quantitative estimate of drug-likeness (QED) is 0.171. The number of aromatic nitrogens is 4. The van der Waals surface area contributed by atoms with Gasteiger partial charge in [-0.15, -0.1) is 0 Å². The van der Waals surface area contributed by atoms with Gasteiger partial charge in [-0.3, -0.25) is 0 Å². The van der Waals surface area contributed by atoms with Crippen LogP contribution in [0.15, 0.2) is 48.5 Å².